The smallest absolute Gasteiger partial charge is 0.188 e. The SMILES string of the molecule is C1CCNC1.CNC.O=S(O)c1c[nH]c2ccccc12. The Hall–Kier alpha value is -1.21. The Morgan fingerprint density at radius 3 is 2.30 bits per heavy atom. The average Bonchev–Trinajstić information content (AvgIpc) is 3.12. The third-order valence-electron chi connectivity index (χ3n) is 2.70. The van der Waals surface area contributed by atoms with E-state index in [2.05, 4.69) is 15.6 Å². The van der Waals surface area contributed by atoms with Crippen LogP contribution < -0.4 is 10.6 Å². The molecule has 0 saturated carbocycles. The van der Waals surface area contributed by atoms with Crippen molar-refractivity contribution in [3.8, 4) is 0 Å². The van der Waals surface area contributed by atoms with Crippen molar-refractivity contribution in [2.45, 2.75) is 17.7 Å². The van der Waals surface area contributed by atoms with Gasteiger partial charge in [0.1, 0.15) is 0 Å². The molecule has 2 heterocycles. The molecule has 3 rings (SSSR count). The van der Waals surface area contributed by atoms with Crippen LogP contribution in [0.2, 0.25) is 0 Å². The molecular weight excluding hydrogens is 274 g/mol. The minimum Gasteiger partial charge on any atom is -0.360 e. The number of nitrogens with one attached hydrogen (secondary N) is 3. The lowest BCUT2D eigenvalue weighted by Crippen LogP contribution is -2.03. The van der Waals surface area contributed by atoms with Crippen LogP contribution in [0.1, 0.15) is 12.8 Å². The third-order valence-corrected chi connectivity index (χ3v) is 3.41. The Morgan fingerprint density at radius 1 is 1.20 bits per heavy atom. The number of benzene rings is 1. The quantitative estimate of drug-likeness (QED) is 0.607. The molecule has 1 aromatic heterocycles. The van der Waals surface area contributed by atoms with Gasteiger partial charge < -0.3 is 20.2 Å². The number of fused-ring (bicyclic) bond motifs is 1. The van der Waals surface area contributed by atoms with Gasteiger partial charge in [0.2, 0.25) is 0 Å². The minimum atomic E-state index is -1.90. The lowest BCUT2D eigenvalue weighted by molar-refractivity contribution is 0.565. The van der Waals surface area contributed by atoms with Crippen LogP contribution in [0.3, 0.4) is 0 Å². The fourth-order valence-corrected chi connectivity index (χ4v) is 2.34. The first-order valence-corrected chi connectivity index (χ1v) is 7.77. The van der Waals surface area contributed by atoms with Gasteiger partial charge in [0.05, 0.1) is 4.90 Å². The van der Waals surface area contributed by atoms with E-state index in [1.54, 1.807) is 6.20 Å². The summed E-state index contributed by atoms with van der Waals surface area (Å²) in [6.45, 7) is 2.50. The first-order chi connectivity index (χ1) is 9.70. The maximum absolute atomic E-state index is 10.8. The van der Waals surface area contributed by atoms with E-state index in [0.29, 0.717) is 4.90 Å². The van der Waals surface area contributed by atoms with Crippen molar-refractivity contribution in [3.63, 3.8) is 0 Å². The molecule has 0 aliphatic carbocycles. The van der Waals surface area contributed by atoms with E-state index >= 15 is 0 Å². The van der Waals surface area contributed by atoms with Crippen molar-refractivity contribution < 1.29 is 8.76 Å². The largest absolute Gasteiger partial charge is 0.360 e. The van der Waals surface area contributed by atoms with Crippen molar-refractivity contribution in [1.29, 1.82) is 0 Å². The molecule has 1 fully saturated rings. The summed E-state index contributed by atoms with van der Waals surface area (Å²) in [4.78, 5) is 3.35. The first kappa shape index (κ1) is 16.8. The summed E-state index contributed by atoms with van der Waals surface area (Å²) in [5.41, 5.74) is 0.884. The highest BCUT2D eigenvalue weighted by molar-refractivity contribution is 7.79. The summed E-state index contributed by atoms with van der Waals surface area (Å²) in [7, 11) is 3.75. The Balaban J connectivity index is 0.000000208. The molecule has 20 heavy (non-hydrogen) atoms. The molecule has 1 aliphatic rings. The van der Waals surface area contributed by atoms with Crippen LogP contribution >= 0.6 is 0 Å². The normalized spacial score (nSPS) is 14.9. The molecule has 1 saturated heterocycles. The van der Waals surface area contributed by atoms with E-state index in [9.17, 15) is 4.21 Å². The zero-order chi connectivity index (χ0) is 14.8. The van der Waals surface area contributed by atoms with E-state index in [-0.39, 0.29) is 0 Å². The highest BCUT2D eigenvalue weighted by Crippen LogP contribution is 2.19. The van der Waals surface area contributed by atoms with Crippen LogP contribution in [0.5, 0.6) is 0 Å². The van der Waals surface area contributed by atoms with Gasteiger partial charge in [-0.3, -0.25) is 0 Å². The standard InChI is InChI=1S/C8H7NO2S.C4H9N.C2H7N/c10-12(11)8-5-9-7-4-2-1-3-6(7)8;1-2-4-5-3-1;1-3-2/h1-5,9H,(H,10,11);5H,1-4H2;3H,1-2H3. The molecule has 0 bridgehead atoms. The first-order valence-electron chi connectivity index (χ1n) is 6.67. The van der Waals surface area contributed by atoms with Crippen LogP contribution in [0, 0.1) is 0 Å². The maximum Gasteiger partial charge on any atom is 0.188 e. The van der Waals surface area contributed by atoms with Gasteiger partial charge in [-0.25, -0.2) is 4.21 Å². The van der Waals surface area contributed by atoms with Gasteiger partial charge >= 0.3 is 0 Å². The number of hydrogen-bond acceptors (Lipinski definition) is 3. The van der Waals surface area contributed by atoms with Gasteiger partial charge in [-0.1, -0.05) is 18.2 Å². The fourth-order valence-electron chi connectivity index (χ4n) is 1.81. The van der Waals surface area contributed by atoms with Crippen molar-refractivity contribution in [2.24, 2.45) is 0 Å². The summed E-state index contributed by atoms with van der Waals surface area (Å²) in [5, 5.41) is 6.78. The van der Waals surface area contributed by atoms with Gasteiger partial charge in [0, 0.05) is 17.1 Å². The van der Waals surface area contributed by atoms with Crippen molar-refractivity contribution in [2.75, 3.05) is 27.2 Å². The number of aromatic amines is 1. The molecule has 6 heteroatoms. The molecule has 1 atom stereocenters. The molecule has 1 aromatic carbocycles. The Morgan fingerprint density at radius 2 is 1.80 bits per heavy atom. The molecule has 112 valence electrons. The third kappa shape index (κ3) is 5.42. The molecule has 2 aromatic rings. The minimum absolute atomic E-state index is 0.436. The predicted molar refractivity (Wildman–Crippen MR) is 84.4 cm³/mol. The van der Waals surface area contributed by atoms with Gasteiger partial charge in [0.25, 0.3) is 0 Å². The Kier molecular flexibility index (Phi) is 8.13. The molecule has 1 unspecified atom stereocenters. The lowest BCUT2D eigenvalue weighted by Gasteiger charge is -1.90. The van der Waals surface area contributed by atoms with Crippen molar-refractivity contribution >= 4 is 22.0 Å². The van der Waals surface area contributed by atoms with Crippen LogP contribution in [0.15, 0.2) is 35.4 Å². The molecular formula is C14H23N3O2S. The van der Waals surface area contributed by atoms with Gasteiger partial charge in [-0.05, 0) is 46.1 Å². The van der Waals surface area contributed by atoms with Crippen molar-refractivity contribution in [1.82, 2.24) is 15.6 Å². The summed E-state index contributed by atoms with van der Waals surface area (Å²) < 4.78 is 19.6. The van der Waals surface area contributed by atoms with Crippen LogP contribution in [0.25, 0.3) is 10.9 Å². The number of hydrogen-bond donors (Lipinski definition) is 4. The summed E-state index contributed by atoms with van der Waals surface area (Å²) in [5.74, 6) is 0. The number of para-hydroxylation sites is 1. The molecule has 5 nitrogen and oxygen atoms in total. The number of H-pyrrole nitrogens is 1. The second kappa shape index (κ2) is 9.66. The summed E-state index contributed by atoms with van der Waals surface area (Å²) >= 11 is -1.90. The Labute approximate surface area is 122 Å². The zero-order valence-electron chi connectivity index (χ0n) is 12.0. The van der Waals surface area contributed by atoms with Crippen LogP contribution in [-0.4, -0.2) is 40.9 Å². The second-order valence-electron chi connectivity index (χ2n) is 4.40. The average molecular weight is 297 g/mol. The predicted octanol–water partition coefficient (Wildman–Crippen LogP) is 1.95. The Bertz CT molecular complexity index is 516. The molecule has 1 aliphatic heterocycles. The monoisotopic (exact) mass is 297 g/mol. The highest BCUT2D eigenvalue weighted by atomic mass is 32.2. The van der Waals surface area contributed by atoms with Crippen LogP contribution in [-0.2, 0) is 11.1 Å². The van der Waals surface area contributed by atoms with E-state index in [0.717, 1.165) is 10.9 Å². The molecule has 0 amide bonds. The topological polar surface area (TPSA) is 77.2 Å². The van der Waals surface area contributed by atoms with E-state index < -0.39 is 11.1 Å². The maximum atomic E-state index is 10.8. The molecule has 0 radical (unpaired) electrons. The lowest BCUT2D eigenvalue weighted by atomic mass is 10.2. The highest BCUT2D eigenvalue weighted by Gasteiger charge is 2.06. The number of aromatic nitrogens is 1. The van der Waals surface area contributed by atoms with E-state index in [1.165, 1.54) is 25.9 Å². The molecule has 4 N–H and O–H groups in total. The summed E-state index contributed by atoms with van der Waals surface area (Å²) in [6, 6.07) is 7.40. The van der Waals surface area contributed by atoms with Crippen LogP contribution in [0.4, 0.5) is 0 Å². The summed E-state index contributed by atoms with van der Waals surface area (Å²) in [6.07, 6.45) is 4.33. The number of rotatable bonds is 1. The van der Waals surface area contributed by atoms with E-state index in [1.807, 2.05) is 38.4 Å². The zero-order valence-corrected chi connectivity index (χ0v) is 12.8. The van der Waals surface area contributed by atoms with Gasteiger partial charge in [-0.2, -0.15) is 0 Å². The van der Waals surface area contributed by atoms with Gasteiger partial charge in [0.15, 0.2) is 11.1 Å². The van der Waals surface area contributed by atoms with Gasteiger partial charge in [-0.15, -0.1) is 0 Å². The van der Waals surface area contributed by atoms with Crippen molar-refractivity contribution in [3.05, 3.63) is 30.5 Å². The fraction of sp³-hybridized carbons (Fsp3) is 0.429. The molecule has 0 spiro atoms. The van der Waals surface area contributed by atoms with E-state index in [4.69, 9.17) is 4.55 Å². The second-order valence-corrected chi connectivity index (χ2v) is 5.34.